The minimum atomic E-state index is -0.0295. The van der Waals surface area contributed by atoms with Gasteiger partial charge in [-0.1, -0.05) is 0 Å². The Hall–Kier alpha value is -1.11. The molecule has 4 rings (SSSR count). The normalized spacial score (nSPS) is 27.2. The highest BCUT2D eigenvalue weighted by Gasteiger charge is 2.33. The van der Waals surface area contributed by atoms with E-state index in [-0.39, 0.29) is 11.9 Å². The molecule has 3 atom stereocenters. The molecule has 0 aromatic carbocycles. The van der Waals surface area contributed by atoms with Crippen molar-refractivity contribution < 1.29 is 4.79 Å². The zero-order valence-corrected chi connectivity index (χ0v) is 14.2. The number of nitrogens with zero attached hydrogens (tertiary/aromatic N) is 2. The third-order valence-electron chi connectivity index (χ3n) is 4.64. The Morgan fingerprint density at radius 3 is 3.23 bits per heavy atom. The van der Waals surface area contributed by atoms with E-state index in [0.717, 1.165) is 34.0 Å². The van der Waals surface area contributed by atoms with Crippen LogP contribution in [0.1, 0.15) is 23.3 Å². The van der Waals surface area contributed by atoms with Gasteiger partial charge in [-0.3, -0.25) is 4.79 Å². The maximum Gasteiger partial charge on any atom is 0.270 e. The number of thiophene rings is 1. The van der Waals surface area contributed by atoms with Crippen molar-refractivity contribution in [1.82, 2.24) is 15.2 Å². The average molecular weight is 333 g/mol. The minimum absolute atomic E-state index is 0.0295. The van der Waals surface area contributed by atoms with Crippen LogP contribution in [0.15, 0.2) is 22.5 Å². The van der Waals surface area contributed by atoms with E-state index in [1.165, 1.54) is 19.5 Å². The maximum atomic E-state index is 12.6. The Bertz CT molecular complexity index is 702. The number of aromatic nitrogens is 1. The van der Waals surface area contributed by atoms with E-state index >= 15 is 0 Å². The summed E-state index contributed by atoms with van der Waals surface area (Å²) in [4.78, 5) is 19.6. The zero-order chi connectivity index (χ0) is 15.1. The van der Waals surface area contributed by atoms with Crippen molar-refractivity contribution in [3.8, 4) is 0 Å². The molecule has 1 N–H and O–H groups in total. The molecule has 2 saturated heterocycles. The molecule has 116 valence electrons. The van der Waals surface area contributed by atoms with Gasteiger partial charge in [-0.15, -0.1) is 23.1 Å². The molecule has 22 heavy (non-hydrogen) atoms. The van der Waals surface area contributed by atoms with Crippen LogP contribution in [0.25, 0.3) is 10.1 Å². The third kappa shape index (κ3) is 2.64. The van der Waals surface area contributed by atoms with Crippen molar-refractivity contribution in [1.29, 1.82) is 0 Å². The van der Waals surface area contributed by atoms with E-state index in [4.69, 9.17) is 0 Å². The Labute approximate surface area is 138 Å². The lowest BCUT2D eigenvalue weighted by Gasteiger charge is -2.30. The van der Waals surface area contributed by atoms with Crippen molar-refractivity contribution in [3.05, 3.63) is 23.2 Å². The summed E-state index contributed by atoms with van der Waals surface area (Å²) in [5, 5.41) is 7.34. The van der Waals surface area contributed by atoms with Crippen LogP contribution in [0.2, 0.25) is 0 Å². The van der Waals surface area contributed by atoms with Gasteiger partial charge in [0.1, 0.15) is 10.7 Å². The Morgan fingerprint density at radius 2 is 2.41 bits per heavy atom. The summed E-state index contributed by atoms with van der Waals surface area (Å²) in [6.07, 6.45) is 4.40. The number of piperidine rings is 1. The summed E-state index contributed by atoms with van der Waals surface area (Å²) in [7, 11) is 0. The van der Waals surface area contributed by atoms with Gasteiger partial charge in [-0.25, -0.2) is 4.98 Å². The van der Waals surface area contributed by atoms with Crippen LogP contribution in [0.5, 0.6) is 0 Å². The highest BCUT2D eigenvalue weighted by atomic mass is 32.2. The summed E-state index contributed by atoms with van der Waals surface area (Å²) in [5.41, 5.74) is 0.548. The predicted molar refractivity (Wildman–Crippen MR) is 91.8 cm³/mol. The lowest BCUT2D eigenvalue weighted by atomic mass is 9.97. The number of rotatable bonds is 3. The minimum Gasteiger partial charge on any atom is -0.347 e. The SMILES string of the molecule is CSc1nc(C(=O)N[C@@H]2C[C@H]3CCN(C3)C2)cc2sccc12. The molecule has 4 nitrogen and oxygen atoms in total. The van der Waals surface area contributed by atoms with Crippen LogP contribution in [0, 0.1) is 5.92 Å². The fourth-order valence-electron chi connectivity index (χ4n) is 3.63. The Kier molecular flexibility index (Phi) is 3.84. The van der Waals surface area contributed by atoms with Gasteiger partial charge in [0.05, 0.1) is 0 Å². The maximum absolute atomic E-state index is 12.6. The van der Waals surface area contributed by atoms with Crippen LogP contribution in [0.3, 0.4) is 0 Å². The summed E-state index contributed by atoms with van der Waals surface area (Å²) in [6.45, 7) is 3.38. The van der Waals surface area contributed by atoms with Gasteiger partial charge in [-0.2, -0.15) is 0 Å². The average Bonchev–Trinajstić information content (AvgIpc) is 3.12. The van der Waals surface area contributed by atoms with Gasteiger partial charge < -0.3 is 10.2 Å². The molecule has 4 heterocycles. The first-order valence-electron chi connectivity index (χ1n) is 7.68. The summed E-state index contributed by atoms with van der Waals surface area (Å²) in [5.74, 6) is 0.728. The molecule has 6 heteroatoms. The smallest absolute Gasteiger partial charge is 0.270 e. The lowest BCUT2D eigenvalue weighted by Crippen LogP contribution is -2.47. The molecule has 0 aliphatic carbocycles. The zero-order valence-electron chi connectivity index (χ0n) is 12.5. The van der Waals surface area contributed by atoms with E-state index in [1.54, 1.807) is 23.1 Å². The molecular weight excluding hydrogens is 314 g/mol. The number of carbonyl (C=O) groups is 1. The second-order valence-electron chi connectivity index (χ2n) is 6.17. The highest BCUT2D eigenvalue weighted by Crippen LogP contribution is 2.30. The van der Waals surface area contributed by atoms with E-state index in [0.29, 0.717) is 5.69 Å². The van der Waals surface area contributed by atoms with Crippen molar-refractivity contribution in [2.45, 2.75) is 23.9 Å². The van der Waals surface area contributed by atoms with Crippen molar-refractivity contribution in [2.24, 2.45) is 5.92 Å². The number of fused-ring (bicyclic) bond motifs is 3. The number of thioether (sulfide) groups is 1. The van der Waals surface area contributed by atoms with Crippen LogP contribution in [-0.2, 0) is 0 Å². The van der Waals surface area contributed by atoms with Crippen LogP contribution in [0.4, 0.5) is 0 Å². The van der Waals surface area contributed by atoms with Gasteiger partial charge in [0.2, 0.25) is 0 Å². The number of hydrogen-bond donors (Lipinski definition) is 1. The van der Waals surface area contributed by atoms with E-state index in [1.807, 2.05) is 12.3 Å². The summed E-state index contributed by atoms with van der Waals surface area (Å²) < 4.78 is 1.14. The topological polar surface area (TPSA) is 45.2 Å². The van der Waals surface area contributed by atoms with Gasteiger partial charge in [-0.05, 0) is 49.1 Å². The number of pyridine rings is 1. The predicted octanol–water partition coefficient (Wildman–Crippen LogP) is 2.84. The van der Waals surface area contributed by atoms with E-state index in [2.05, 4.69) is 26.6 Å². The van der Waals surface area contributed by atoms with Gasteiger partial charge in [0.15, 0.2) is 0 Å². The van der Waals surface area contributed by atoms with Gasteiger partial charge >= 0.3 is 0 Å². The van der Waals surface area contributed by atoms with Crippen LogP contribution in [-0.4, -0.2) is 47.7 Å². The van der Waals surface area contributed by atoms with Gasteiger partial charge in [0, 0.05) is 29.2 Å². The quantitative estimate of drug-likeness (QED) is 0.878. The molecule has 2 aromatic rings. The van der Waals surface area contributed by atoms with Crippen LogP contribution >= 0.6 is 23.1 Å². The lowest BCUT2D eigenvalue weighted by molar-refractivity contribution is 0.0904. The van der Waals surface area contributed by atoms with Gasteiger partial charge in [0.25, 0.3) is 5.91 Å². The van der Waals surface area contributed by atoms with E-state index < -0.39 is 0 Å². The van der Waals surface area contributed by atoms with Crippen molar-refractivity contribution in [2.75, 3.05) is 25.9 Å². The number of hydrogen-bond acceptors (Lipinski definition) is 5. The first kappa shape index (κ1) is 14.5. The van der Waals surface area contributed by atoms with Crippen LogP contribution < -0.4 is 5.32 Å². The standard InChI is InChI=1S/C16H19N3OS2/c1-21-16-12-3-5-22-14(12)7-13(18-16)15(20)17-11-6-10-2-4-19(8-10)9-11/h3,5,7,10-11H,2,4,6,8-9H2,1H3,(H,17,20)/t10-,11-/m1/s1. The third-order valence-corrected chi connectivity index (χ3v) is 6.20. The van der Waals surface area contributed by atoms with Crippen molar-refractivity contribution in [3.63, 3.8) is 0 Å². The highest BCUT2D eigenvalue weighted by molar-refractivity contribution is 7.98. The number of carbonyl (C=O) groups excluding carboxylic acids is 1. The molecule has 2 bridgehead atoms. The Morgan fingerprint density at radius 1 is 1.50 bits per heavy atom. The second-order valence-corrected chi connectivity index (χ2v) is 7.91. The number of amides is 1. The molecule has 0 radical (unpaired) electrons. The van der Waals surface area contributed by atoms with E-state index in [9.17, 15) is 4.79 Å². The molecule has 2 fully saturated rings. The molecule has 2 aromatic heterocycles. The molecule has 0 spiro atoms. The molecular formula is C16H19N3OS2. The van der Waals surface area contributed by atoms with Crippen molar-refractivity contribution >= 4 is 39.1 Å². The first-order valence-corrected chi connectivity index (χ1v) is 9.79. The largest absolute Gasteiger partial charge is 0.347 e. The second kappa shape index (κ2) is 5.83. The molecule has 1 unspecified atom stereocenters. The molecule has 1 amide bonds. The monoisotopic (exact) mass is 333 g/mol. The fraction of sp³-hybridized carbons (Fsp3) is 0.500. The first-order chi connectivity index (χ1) is 10.7. The Balaban J connectivity index is 1.55. The summed E-state index contributed by atoms with van der Waals surface area (Å²) >= 11 is 3.26. The fourth-order valence-corrected chi connectivity index (χ4v) is 5.11. The number of nitrogens with one attached hydrogen (secondary N) is 1. The summed E-state index contributed by atoms with van der Waals surface area (Å²) in [6, 6.07) is 4.27. The molecule has 0 saturated carbocycles. The molecule has 2 aliphatic heterocycles. The molecule has 2 aliphatic rings.